The molecule has 0 aliphatic carbocycles. The van der Waals surface area contributed by atoms with E-state index in [0.29, 0.717) is 0 Å². The molecule has 0 aliphatic rings. The molecule has 318 valence electrons. The van der Waals surface area contributed by atoms with Crippen LogP contribution in [0.3, 0.4) is 0 Å². The molecule has 13 aromatic rings. The Labute approximate surface area is 395 Å². The van der Waals surface area contributed by atoms with Crippen molar-refractivity contribution in [3.63, 3.8) is 0 Å². The zero-order valence-corrected chi connectivity index (χ0v) is 37.3. The molecular formula is C66H44N2. The molecule has 2 nitrogen and oxygen atoms in total. The summed E-state index contributed by atoms with van der Waals surface area (Å²) in [6.45, 7) is 0. The van der Waals surface area contributed by atoms with Crippen LogP contribution in [0.4, 0.5) is 17.1 Å². The summed E-state index contributed by atoms with van der Waals surface area (Å²) in [7, 11) is 0. The second-order valence-electron chi connectivity index (χ2n) is 17.6. The third-order valence-electron chi connectivity index (χ3n) is 13.7. The quantitative estimate of drug-likeness (QED) is 0.138. The smallest absolute Gasteiger partial charge is 0.0782 e. The van der Waals surface area contributed by atoms with Gasteiger partial charge in [-0.25, -0.2) is 0 Å². The molecule has 0 bridgehead atoms. The minimum Gasteiger partial charge on any atom is -0.308 e. The monoisotopic (exact) mass is 864 g/mol. The van der Waals surface area contributed by atoms with Crippen molar-refractivity contribution in [3.8, 4) is 50.2 Å². The van der Waals surface area contributed by atoms with E-state index in [1.807, 2.05) is 0 Å². The van der Waals surface area contributed by atoms with Gasteiger partial charge < -0.3 is 9.47 Å². The van der Waals surface area contributed by atoms with Crippen LogP contribution in [0.2, 0.25) is 0 Å². The Kier molecular flexibility index (Phi) is 9.54. The van der Waals surface area contributed by atoms with Gasteiger partial charge >= 0.3 is 0 Å². The van der Waals surface area contributed by atoms with Gasteiger partial charge in [-0.1, -0.05) is 212 Å². The molecule has 0 spiro atoms. The molecule has 0 atom stereocenters. The first-order chi connectivity index (χ1) is 33.7. The van der Waals surface area contributed by atoms with Crippen molar-refractivity contribution in [3.05, 3.63) is 267 Å². The SMILES string of the molecule is c1ccc(-c2cccc(N(c3cccc(-c4ccc5c(c4)c(-c4ccccc4)c(-c4ccccc4)c4ccccc45)c3)c3cccc4c5ccccc5n(-c5ccc6ccccc6c5)c34)c2)cc1. The highest BCUT2D eigenvalue weighted by atomic mass is 15.2. The highest BCUT2D eigenvalue weighted by Crippen LogP contribution is 2.48. The predicted molar refractivity (Wildman–Crippen MR) is 290 cm³/mol. The van der Waals surface area contributed by atoms with Gasteiger partial charge in [0, 0.05) is 27.8 Å². The first-order valence-electron chi connectivity index (χ1n) is 23.4. The molecule has 0 unspecified atom stereocenters. The van der Waals surface area contributed by atoms with Crippen LogP contribution in [0.15, 0.2) is 267 Å². The topological polar surface area (TPSA) is 8.17 Å². The average molecular weight is 865 g/mol. The Hall–Kier alpha value is -8.98. The highest BCUT2D eigenvalue weighted by molar-refractivity contribution is 6.22. The molecule has 0 N–H and O–H groups in total. The maximum absolute atomic E-state index is 2.47. The molecule has 12 aromatic carbocycles. The second-order valence-corrected chi connectivity index (χ2v) is 17.6. The summed E-state index contributed by atoms with van der Waals surface area (Å²) in [6.07, 6.45) is 0. The van der Waals surface area contributed by atoms with Crippen molar-refractivity contribution in [2.75, 3.05) is 4.90 Å². The van der Waals surface area contributed by atoms with Crippen LogP contribution in [0, 0.1) is 0 Å². The number of benzene rings is 12. The third kappa shape index (κ3) is 6.65. The van der Waals surface area contributed by atoms with E-state index in [1.54, 1.807) is 0 Å². The molecule has 13 rings (SSSR count). The number of fused-ring (bicyclic) bond motifs is 7. The summed E-state index contributed by atoms with van der Waals surface area (Å²) in [5, 5.41) is 9.84. The van der Waals surface area contributed by atoms with E-state index >= 15 is 0 Å². The lowest BCUT2D eigenvalue weighted by molar-refractivity contribution is 1.17. The lowest BCUT2D eigenvalue weighted by Crippen LogP contribution is -2.12. The van der Waals surface area contributed by atoms with Gasteiger partial charge in [-0.15, -0.1) is 0 Å². The van der Waals surface area contributed by atoms with Crippen LogP contribution in [-0.4, -0.2) is 4.57 Å². The summed E-state index contributed by atoms with van der Waals surface area (Å²) in [5.41, 5.74) is 16.3. The molecule has 0 amide bonds. The fraction of sp³-hybridized carbons (Fsp3) is 0. The van der Waals surface area contributed by atoms with E-state index in [2.05, 4.69) is 276 Å². The summed E-state index contributed by atoms with van der Waals surface area (Å²) in [5.74, 6) is 0. The van der Waals surface area contributed by atoms with Crippen molar-refractivity contribution in [2.45, 2.75) is 0 Å². The van der Waals surface area contributed by atoms with Crippen molar-refractivity contribution < 1.29 is 0 Å². The number of hydrogen-bond acceptors (Lipinski definition) is 1. The van der Waals surface area contributed by atoms with E-state index in [0.717, 1.165) is 45.0 Å². The Morgan fingerprint density at radius 3 is 1.47 bits per heavy atom. The molecule has 0 fully saturated rings. The Morgan fingerprint density at radius 1 is 0.265 bits per heavy atom. The lowest BCUT2D eigenvalue weighted by Gasteiger charge is -2.28. The van der Waals surface area contributed by atoms with Crippen LogP contribution < -0.4 is 4.90 Å². The summed E-state index contributed by atoms with van der Waals surface area (Å²) in [6, 6.07) is 97.6. The highest BCUT2D eigenvalue weighted by Gasteiger charge is 2.23. The number of hydrogen-bond donors (Lipinski definition) is 0. The Balaban J connectivity index is 1.06. The maximum Gasteiger partial charge on any atom is 0.0782 e. The zero-order chi connectivity index (χ0) is 45.0. The molecule has 1 heterocycles. The van der Waals surface area contributed by atoms with Crippen molar-refractivity contribution >= 4 is 71.2 Å². The first-order valence-corrected chi connectivity index (χ1v) is 23.4. The standard InChI is InChI=1S/C66H44N2/c1-4-19-45(20-5-1)50-27-16-29-53(41-50)67(63-36-18-34-60-58-32-14-15-35-62(58)68(66(60)63)55-39-37-46-21-10-11-26-49(46)42-55)54-30-17-28-51(43-54)52-38-40-57-56-31-12-13-33-59(56)64(47-22-6-2-7-23-47)65(61(57)44-52)48-24-8-3-9-25-48/h1-44H. The third-order valence-corrected chi connectivity index (χ3v) is 13.7. The Morgan fingerprint density at radius 2 is 0.765 bits per heavy atom. The maximum atomic E-state index is 2.47. The van der Waals surface area contributed by atoms with Crippen molar-refractivity contribution in [1.82, 2.24) is 4.57 Å². The number of nitrogens with zero attached hydrogens (tertiary/aromatic N) is 2. The van der Waals surface area contributed by atoms with E-state index in [4.69, 9.17) is 0 Å². The van der Waals surface area contributed by atoms with Gasteiger partial charge in [-0.2, -0.15) is 0 Å². The molecule has 0 saturated heterocycles. The molecule has 2 heteroatoms. The summed E-state index contributed by atoms with van der Waals surface area (Å²) < 4.78 is 2.47. The van der Waals surface area contributed by atoms with Crippen molar-refractivity contribution in [1.29, 1.82) is 0 Å². The molecule has 0 radical (unpaired) electrons. The van der Waals surface area contributed by atoms with E-state index in [-0.39, 0.29) is 0 Å². The molecule has 68 heavy (non-hydrogen) atoms. The number of aromatic nitrogens is 1. The van der Waals surface area contributed by atoms with Crippen LogP contribution in [0.5, 0.6) is 0 Å². The summed E-state index contributed by atoms with van der Waals surface area (Å²) in [4.78, 5) is 2.46. The predicted octanol–water partition coefficient (Wildman–Crippen LogP) is 18.4. The fourth-order valence-corrected chi connectivity index (χ4v) is 10.7. The summed E-state index contributed by atoms with van der Waals surface area (Å²) >= 11 is 0. The minimum absolute atomic E-state index is 1.07. The average Bonchev–Trinajstić information content (AvgIpc) is 3.76. The molecular weight excluding hydrogens is 821 g/mol. The van der Waals surface area contributed by atoms with Gasteiger partial charge in [-0.3, -0.25) is 0 Å². The van der Waals surface area contributed by atoms with Gasteiger partial charge in [0.2, 0.25) is 0 Å². The van der Waals surface area contributed by atoms with Gasteiger partial charge in [0.15, 0.2) is 0 Å². The second kappa shape index (κ2) is 16.5. The van der Waals surface area contributed by atoms with E-state index < -0.39 is 0 Å². The lowest BCUT2D eigenvalue weighted by atomic mass is 9.84. The van der Waals surface area contributed by atoms with Crippen LogP contribution in [-0.2, 0) is 0 Å². The largest absolute Gasteiger partial charge is 0.308 e. The Bertz CT molecular complexity index is 4020. The van der Waals surface area contributed by atoms with E-state index in [9.17, 15) is 0 Å². The van der Waals surface area contributed by atoms with Crippen LogP contribution in [0.1, 0.15) is 0 Å². The van der Waals surface area contributed by atoms with Gasteiger partial charge in [-0.05, 0) is 131 Å². The van der Waals surface area contributed by atoms with Crippen LogP contribution >= 0.6 is 0 Å². The molecule has 1 aromatic heterocycles. The molecule has 0 aliphatic heterocycles. The number of para-hydroxylation sites is 2. The normalized spacial score (nSPS) is 11.5. The van der Waals surface area contributed by atoms with Gasteiger partial charge in [0.25, 0.3) is 0 Å². The van der Waals surface area contributed by atoms with Gasteiger partial charge in [0.1, 0.15) is 0 Å². The fourth-order valence-electron chi connectivity index (χ4n) is 10.7. The number of rotatable bonds is 8. The van der Waals surface area contributed by atoms with E-state index in [1.165, 1.54) is 76.4 Å². The minimum atomic E-state index is 1.07. The van der Waals surface area contributed by atoms with Crippen molar-refractivity contribution in [2.24, 2.45) is 0 Å². The molecule has 0 saturated carbocycles. The zero-order valence-electron chi connectivity index (χ0n) is 37.3. The number of anilines is 3. The van der Waals surface area contributed by atoms with Crippen LogP contribution in [0.25, 0.3) is 104 Å². The van der Waals surface area contributed by atoms with Gasteiger partial charge in [0.05, 0.1) is 16.7 Å². The first kappa shape index (κ1) is 39.4.